The molecule has 6 heteroatoms. The van der Waals surface area contributed by atoms with Crippen LogP contribution in [-0.4, -0.2) is 19.9 Å². The Morgan fingerprint density at radius 1 is 1.18 bits per heavy atom. The molecule has 3 rings (SSSR count). The number of pyridine rings is 1. The number of nitrogens with two attached hydrogens (primary N) is 1. The molecule has 0 aliphatic rings. The Kier molecular flexibility index (Phi) is 2.15. The highest BCUT2D eigenvalue weighted by atomic mass is 32.1. The van der Waals surface area contributed by atoms with Gasteiger partial charge in [-0.15, -0.1) is 0 Å². The third-order valence-corrected chi connectivity index (χ3v) is 2.82. The van der Waals surface area contributed by atoms with Crippen LogP contribution in [0.1, 0.15) is 0 Å². The predicted octanol–water partition coefficient (Wildman–Crippen LogP) is 1.87. The number of hydrogen-bond donors (Lipinski definition) is 2. The van der Waals surface area contributed by atoms with Crippen molar-refractivity contribution in [2.24, 2.45) is 0 Å². The number of H-pyrrole nitrogens is 1. The molecule has 3 N–H and O–H groups in total. The minimum Gasteiger partial charge on any atom is -0.335 e. The van der Waals surface area contributed by atoms with E-state index in [9.17, 15) is 0 Å². The fourth-order valence-corrected chi connectivity index (χ4v) is 1.81. The lowest BCUT2D eigenvalue weighted by atomic mass is 10.2. The molecular weight excluding hydrogens is 234 g/mol. The van der Waals surface area contributed by atoms with E-state index >= 15 is 0 Å². The molecule has 0 radical (unpaired) electrons. The maximum absolute atomic E-state index is 5.76. The summed E-state index contributed by atoms with van der Waals surface area (Å²) in [5.41, 5.74) is 1.59. The number of aromatic amines is 1. The van der Waals surface area contributed by atoms with Crippen LogP contribution in [0, 0.1) is 4.77 Å². The second-order valence-electron chi connectivity index (χ2n) is 3.61. The molecule has 0 aliphatic heterocycles. The molecule has 17 heavy (non-hydrogen) atoms. The zero-order valence-corrected chi connectivity index (χ0v) is 9.61. The Morgan fingerprint density at radius 3 is 2.76 bits per heavy atom. The Bertz CT molecular complexity index is 743. The van der Waals surface area contributed by atoms with Crippen LogP contribution in [0.15, 0.2) is 36.4 Å². The summed E-state index contributed by atoms with van der Waals surface area (Å²) in [4.78, 5) is 4.49. The van der Waals surface area contributed by atoms with E-state index in [0.717, 1.165) is 10.9 Å². The highest BCUT2D eigenvalue weighted by Crippen LogP contribution is 2.18. The van der Waals surface area contributed by atoms with Crippen molar-refractivity contribution in [2.45, 2.75) is 0 Å². The topological polar surface area (TPSA) is 72.5 Å². The van der Waals surface area contributed by atoms with E-state index in [2.05, 4.69) is 15.2 Å². The summed E-state index contributed by atoms with van der Waals surface area (Å²) in [7, 11) is 0. The summed E-state index contributed by atoms with van der Waals surface area (Å²) in [6, 6.07) is 11.7. The minimum atomic E-state index is 0.370. The number of hydrogen-bond acceptors (Lipinski definition) is 4. The van der Waals surface area contributed by atoms with Gasteiger partial charge in [-0.25, -0.2) is 14.8 Å². The van der Waals surface area contributed by atoms with Gasteiger partial charge < -0.3 is 5.84 Å². The molecule has 0 unspecified atom stereocenters. The second kappa shape index (κ2) is 3.67. The van der Waals surface area contributed by atoms with E-state index in [-0.39, 0.29) is 0 Å². The van der Waals surface area contributed by atoms with E-state index in [0.29, 0.717) is 16.3 Å². The molecule has 3 aromatic rings. The van der Waals surface area contributed by atoms with Gasteiger partial charge in [0.05, 0.1) is 5.52 Å². The number of nitrogen functional groups attached to an aromatic ring is 1. The number of nitrogens with zero attached hydrogens (tertiary/aromatic N) is 3. The average Bonchev–Trinajstić information content (AvgIpc) is 2.70. The van der Waals surface area contributed by atoms with Gasteiger partial charge in [-0.2, -0.15) is 5.10 Å². The van der Waals surface area contributed by atoms with Crippen molar-refractivity contribution in [3.8, 4) is 11.5 Å². The van der Waals surface area contributed by atoms with Gasteiger partial charge in [0.2, 0.25) is 4.77 Å². The SMILES string of the molecule is Nn1c(-c2ccc3ccccc3n2)n[nH]c1=S. The van der Waals surface area contributed by atoms with Crippen molar-refractivity contribution in [3.63, 3.8) is 0 Å². The number of benzene rings is 1. The Labute approximate surface area is 102 Å². The first kappa shape index (κ1) is 9.98. The highest BCUT2D eigenvalue weighted by molar-refractivity contribution is 7.71. The predicted molar refractivity (Wildman–Crippen MR) is 68.3 cm³/mol. The normalized spacial score (nSPS) is 10.8. The molecule has 1 aromatic carbocycles. The first-order chi connectivity index (χ1) is 8.25. The van der Waals surface area contributed by atoms with Gasteiger partial charge >= 0.3 is 0 Å². The molecule has 0 saturated carbocycles. The number of nitrogens with one attached hydrogen (secondary N) is 1. The van der Waals surface area contributed by atoms with Crippen LogP contribution in [0.5, 0.6) is 0 Å². The van der Waals surface area contributed by atoms with Crippen molar-refractivity contribution >= 4 is 23.1 Å². The van der Waals surface area contributed by atoms with Gasteiger partial charge in [0.15, 0.2) is 5.82 Å². The summed E-state index contributed by atoms with van der Waals surface area (Å²) in [6.07, 6.45) is 0. The third kappa shape index (κ3) is 1.58. The molecule has 84 valence electrons. The molecule has 0 bridgehead atoms. The molecule has 2 aromatic heterocycles. The van der Waals surface area contributed by atoms with Crippen molar-refractivity contribution < 1.29 is 0 Å². The van der Waals surface area contributed by atoms with Gasteiger partial charge in [-0.1, -0.05) is 24.3 Å². The number of rotatable bonds is 1. The van der Waals surface area contributed by atoms with Crippen LogP contribution in [-0.2, 0) is 0 Å². The van der Waals surface area contributed by atoms with E-state index in [1.54, 1.807) is 0 Å². The molecule has 2 heterocycles. The van der Waals surface area contributed by atoms with Crippen LogP contribution in [0.3, 0.4) is 0 Å². The van der Waals surface area contributed by atoms with E-state index in [4.69, 9.17) is 18.1 Å². The summed E-state index contributed by atoms with van der Waals surface area (Å²) in [5.74, 6) is 6.29. The van der Waals surface area contributed by atoms with Crippen LogP contribution in [0.4, 0.5) is 0 Å². The van der Waals surface area contributed by atoms with E-state index in [1.165, 1.54) is 4.68 Å². The smallest absolute Gasteiger partial charge is 0.214 e. The number of fused-ring (bicyclic) bond motifs is 1. The van der Waals surface area contributed by atoms with Crippen LogP contribution >= 0.6 is 12.2 Å². The number of aromatic nitrogens is 4. The fraction of sp³-hybridized carbons (Fsp3) is 0. The van der Waals surface area contributed by atoms with Crippen molar-refractivity contribution in [1.82, 2.24) is 19.9 Å². The van der Waals surface area contributed by atoms with Crippen LogP contribution in [0.25, 0.3) is 22.4 Å². The molecule has 0 aliphatic carbocycles. The largest absolute Gasteiger partial charge is 0.335 e. The second-order valence-corrected chi connectivity index (χ2v) is 4.00. The van der Waals surface area contributed by atoms with Crippen LogP contribution < -0.4 is 5.84 Å². The maximum atomic E-state index is 5.76. The van der Waals surface area contributed by atoms with Gasteiger partial charge in [-0.3, -0.25) is 0 Å². The highest BCUT2D eigenvalue weighted by Gasteiger charge is 2.08. The molecule has 0 fully saturated rings. The van der Waals surface area contributed by atoms with Gasteiger partial charge in [0, 0.05) is 5.39 Å². The molecule has 0 amide bonds. The summed E-state index contributed by atoms with van der Waals surface area (Å²) >= 11 is 4.96. The summed E-state index contributed by atoms with van der Waals surface area (Å²) < 4.78 is 1.68. The maximum Gasteiger partial charge on any atom is 0.214 e. The van der Waals surface area contributed by atoms with Gasteiger partial charge in [0.1, 0.15) is 5.69 Å². The Hall–Kier alpha value is -2.21. The zero-order valence-electron chi connectivity index (χ0n) is 8.79. The first-order valence-electron chi connectivity index (χ1n) is 5.04. The van der Waals surface area contributed by atoms with Crippen molar-refractivity contribution in [2.75, 3.05) is 5.84 Å². The van der Waals surface area contributed by atoms with Crippen molar-refractivity contribution in [3.05, 3.63) is 41.2 Å². The Balaban J connectivity index is 2.25. The molecule has 0 atom stereocenters. The molecular formula is C11H9N5S. The fourth-order valence-electron chi connectivity index (χ4n) is 1.68. The third-order valence-electron chi connectivity index (χ3n) is 2.53. The van der Waals surface area contributed by atoms with E-state index in [1.807, 2.05) is 36.4 Å². The zero-order chi connectivity index (χ0) is 11.8. The Morgan fingerprint density at radius 2 is 2.00 bits per heavy atom. The summed E-state index contributed by atoms with van der Waals surface area (Å²) in [5, 5.41) is 7.76. The molecule has 0 saturated heterocycles. The van der Waals surface area contributed by atoms with Crippen LogP contribution in [0.2, 0.25) is 0 Å². The monoisotopic (exact) mass is 243 g/mol. The number of para-hydroxylation sites is 1. The van der Waals surface area contributed by atoms with E-state index < -0.39 is 0 Å². The average molecular weight is 243 g/mol. The minimum absolute atomic E-state index is 0.370. The summed E-state index contributed by atoms with van der Waals surface area (Å²) in [6.45, 7) is 0. The van der Waals surface area contributed by atoms with Gasteiger partial charge in [0.25, 0.3) is 0 Å². The molecule has 5 nitrogen and oxygen atoms in total. The quantitative estimate of drug-likeness (QED) is 0.505. The lowest BCUT2D eigenvalue weighted by Crippen LogP contribution is -2.10. The standard InChI is InChI=1S/C11H9N5S/c12-16-10(14-15-11(16)17)9-6-5-7-3-1-2-4-8(7)13-9/h1-6H,12H2,(H,15,17). The molecule has 0 spiro atoms. The first-order valence-corrected chi connectivity index (χ1v) is 5.45. The lowest BCUT2D eigenvalue weighted by molar-refractivity contribution is 0.979. The van der Waals surface area contributed by atoms with Crippen molar-refractivity contribution in [1.29, 1.82) is 0 Å². The van der Waals surface area contributed by atoms with Gasteiger partial charge in [-0.05, 0) is 24.4 Å². The lowest BCUT2D eigenvalue weighted by Gasteiger charge is -2.01.